The molecule has 0 N–H and O–H groups in total. The molecule has 2 amide bonds. The fraction of sp³-hybridized carbons (Fsp3) is 0.767. The van der Waals surface area contributed by atoms with Crippen LogP contribution in [0.25, 0.3) is 5.53 Å². The smallest absolute Gasteiger partial charge is 0.444 e. The van der Waals surface area contributed by atoms with Crippen LogP contribution in [0.4, 0.5) is 9.59 Å². The van der Waals surface area contributed by atoms with Gasteiger partial charge in [0.1, 0.15) is 17.5 Å². The predicted molar refractivity (Wildman–Crippen MR) is 172 cm³/mol. The average molecular weight is 654 g/mol. The summed E-state index contributed by atoms with van der Waals surface area (Å²) in [5.74, 6) is 3.04. The summed E-state index contributed by atoms with van der Waals surface area (Å²) >= 11 is 0. The average Bonchev–Trinajstić information content (AvgIpc) is 3.68. The first-order valence-corrected chi connectivity index (χ1v) is 15.1. The van der Waals surface area contributed by atoms with E-state index in [0.29, 0.717) is 31.5 Å². The Morgan fingerprint density at radius 2 is 1.38 bits per heavy atom. The zero-order valence-corrected chi connectivity index (χ0v) is 27.4. The van der Waals surface area contributed by atoms with E-state index >= 15 is 0 Å². The number of hydrogen-bond acceptors (Lipinski definition) is 9. The number of piperidine rings is 2. The second-order valence-electron chi connectivity index (χ2n) is 13.0. The lowest BCUT2D eigenvalue weighted by molar-refractivity contribution is -0.115. The summed E-state index contributed by atoms with van der Waals surface area (Å²) in [4.78, 5) is 50.9. The standard InChI is InChI=1S/C12H17NO2.C11H17NO3.C5H9N2O4P.2CH4.B/c1-5-12-6-9(12)7-13(8-12)10(14)15-11(2,3)4;1-10(2,3)15-9(14)12-5-8-4-11(8,6-12)7-13;1-4(8)5(7-6)12(9,10-2)11-3;;;/h1,9H,6-8H2,2-4H3;7-8H,4-6H2,1-3H3;1-3H3;2*1H4;. The number of hydrogen-bond donors (Lipinski definition) is 0. The highest BCUT2D eigenvalue weighted by Gasteiger charge is 2.62. The van der Waals surface area contributed by atoms with Gasteiger partial charge in [0.2, 0.25) is 5.78 Å². The van der Waals surface area contributed by atoms with Gasteiger partial charge < -0.3 is 38.6 Å². The van der Waals surface area contributed by atoms with E-state index in [4.69, 9.17) is 21.4 Å². The van der Waals surface area contributed by atoms with E-state index in [1.165, 1.54) is 0 Å². The molecule has 2 saturated carbocycles. The fourth-order valence-corrected chi connectivity index (χ4v) is 5.90. The van der Waals surface area contributed by atoms with Crippen LogP contribution in [0, 0.1) is 35.0 Å². The van der Waals surface area contributed by atoms with Gasteiger partial charge in [0.25, 0.3) is 0 Å². The number of fused-ring (bicyclic) bond motifs is 2. The number of Topliss-reactive ketones (excluding diaryl/α,β-unsaturated/α-hetero) is 1. The first-order chi connectivity index (χ1) is 19.2. The van der Waals surface area contributed by atoms with Crippen molar-refractivity contribution in [1.82, 2.24) is 9.80 Å². The number of carbonyl (C=O) groups is 4. The molecule has 4 rings (SSSR count). The van der Waals surface area contributed by atoms with Crippen LogP contribution >= 0.6 is 7.60 Å². The van der Waals surface area contributed by atoms with Crippen molar-refractivity contribution in [3.8, 4) is 12.3 Å². The topological polar surface area (TPSA) is 165 Å². The molecule has 4 fully saturated rings. The number of likely N-dealkylation sites (tertiary alicyclic amines) is 2. The highest BCUT2D eigenvalue weighted by Crippen LogP contribution is 2.57. The van der Waals surface area contributed by atoms with Crippen LogP contribution in [-0.2, 0) is 32.7 Å². The van der Waals surface area contributed by atoms with Gasteiger partial charge in [0.05, 0.1) is 5.41 Å². The third kappa shape index (κ3) is 11.1. The molecular formula is C30H51BN4O9P. The maximum absolute atomic E-state index is 11.7. The van der Waals surface area contributed by atoms with Crippen molar-refractivity contribution in [3.05, 3.63) is 5.53 Å². The van der Waals surface area contributed by atoms with Crippen LogP contribution in [0.5, 0.6) is 0 Å². The molecule has 253 valence electrons. The van der Waals surface area contributed by atoms with Gasteiger partial charge in [0.15, 0.2) is 0 Å². The Balaban J connectivity index is 0. The Morgan fingerprint density at radius 1 is 0.933 bits per heavy atom. The largest absolute Gasteiger partial charge is 0.446 e. The predicted octanol–water partition coefficient (Wildman–Crippen LogP) is 4.90. The van der Waals surface area contributed by atoms with Gasteiger partial charge in [-0.25, -0.2) is 14.2 Å². The first-order valence-electron chi connectivity index (χ1n) is 13.6. The van der Waals surface area contributed by atoms with E-state index in [9.17, 15) is 23.7 Å². The lowest BCUT2D eigenvalue weighted by atomic mass is 10.1. The van der Waals surface area contributed by atoms with Crippen molar-refractivity contribution in [1.29, 1.82) is 0 Å². The number of ether oxygens (including phenoxy) is 2. The zero-order valence-electron chi connectivity index (χ0n) is 26.5. The van der Waals surface area contributed by atoms with Gasteiger partial charge in [-0.3, -0.25) is 4.79 Å². The van der Waals surface area contributed by atoms with Crippen LogP contribution in [-0.4, -0.2) is 104 Å². The molecule has 4 atom stereocenters. The molecule has 2 aliphatic heterocycles. The molecule has 0 aromatic heterocycles. The maximum Gasteiger partial charge on any atom is 0.446 e. The molecule has 13 nitrogen and oxygen atoms in total. The number of rotatable bonds is 5. The number of aldehydes is 1. The number of carbonyl (C=O) groups excluding carboxylic acids is 4. The second-order valence-corrected chi connectivity index (χ2v) is 15.2. The van der Waals surface area contributed by atoms with Crippen molar-refractivity contribution in [2.24, 2.45) is 22.7 Å². The maximum atomic E-state index is 11.7. The Labute approximate surface area is 270 Å². The van der Waals surface area contributed by atoms with Gasteiger partial charge in [0, 0.05) is 61.2 Å². The molecule has 15 heteroatoms. The van der Waals surface area contributed by atoms with Gasteiger partial charge in [-0.05, 0) is 66.2 Å². The van der Waals surface area contributed by atoms with Gasteiger partial charge >= 0.3 is 25.2 Å². The number of terminal acetylenes is 1. The minimum absolute atomic E-state index is 0. The monoisotopic (exact) mass is 653 g/mol. The van der Waals surface area contributed by atoms with E-state index in [2.05, 4.69) is 19.8 Å². The molecule has 0 aromatic carbocycles. The summed E-state index contributed by atoms with van der Waals surface area (Å²) in [7, 11) is -1.51. The van der Waals surface area contributed by atoms with E-state index in [1.807, 2.05) is 41.5 Å². The second kappa shape index (κ2) is 16.0. The SMILES string of the molecule is C.C.C#CC12CC1CN(C(=O)OC(C)(C)C)C2.CC(C)(C)OC(=O)N1CC2CC2(C=O)C1.COP(=O)(OC)C(=[N+]=[N-])C(C)=O.[B]. The van der Waals surface area contributed by atoms with E-state index < -0.39 is 30.0 Å². The van der Waals surface area contributed by atoms with Crippen LogP contribution in [0.15, 0.2) is 0 Å². The summed E-state index contributed by atoms with van der Waals surface area (Å²) in [6.07, 6.45) is 7.96. The Morgan fingerprint density at radius 3 is 1.67 bits per heavy atom. The molecule has 4 aliphatic rings. The lowest BCUT2D eigenvalue weighted by Gasteiger charge is -2.25. The molecule has 0 aromatic rings. The van der Waals surface area contributed by atoms with Gasteiger partial charge in [-0.2, -0.15) is 4.79 Å². The van der Waals surface area contributed by atoms with E-state index in [0.717, 1.165) is 46.8 Å². The van der Waals surface area contributed by atoms with Gasteiger partial charge in [-0.1, -0.05) is 20.8 Å². The van der Waals surface area contributed by atoms with Crippen molar-refractivity contribution in [2.75, 3.05) is 40.4 Å². The Bertz CT molecular complexity index is 1230. The molecule has 3 radical (unpaired) electrons. The van der Waals surface area contributed by atoms with Crippen molar-refractivity contribution >= 4 is 45.7 Å². The molecule has 0 spiro atoms. The van der Waals surface area contributed by atoms with Crippen LogP contribution in [0.2, 0.25) is 0 Å². The number of nitrogens with zero attached hydrogens (tertiary/aromatic N) is 4. The minimum atomic E-state index is -3.70. The summed E-state index contributed by atoms with van der Waals surface area (Å²) in [5.41, 5.74) is 6.60. The molecule has 45 heavy (non-hydrogen) atoms. The molecule has 2 aliphatic carbocycles. The Hall–Kier alpha value is -2.97. The highest BCUT2D eigenvalue weighted by molar-refractivity contribution is 7.74. The van der Waals surface area contributed by atoms with E-state index in [1.54, 1.807) is 9.80 Å². The summed E-state index contributed by atoms with van der Waals surface area (Å²) in [6.45, 7) is 14.9. The van der Waals surface area contributed by atoms with E-state index in [-0.39, 0.29) is 46.3 Å². The third-order valence-corrected chi connectivity index (χ3v) is 9.21. The molecule has 4 unspecified atom stereocenters. The first kappa shape index (κ1) is 44.2. The zero-order chi connectivity index (χ0) is 32.3. The summed E-state index contributed by atoms with van der Waals surface area (Å²) < 4.78 is 30.8. The summed E-state index contributed by atoms with van der Waals surface area (Å²) in [5, 5.41) is 0. The highest BCUT2D eigenvalue weighted by atomic mass is 31.2. The molecule has 2 saturated heterocycles. The Kier molecular flexibility index (Phi) is 15.7. The molecule has 0 bridgehead atoms. The van der Waals surface area contributed by atoms with Crippen molar-refractivity contribution in [3.63, 3.8) is 0 Å². The number of ketones is 1. The van der Waals surface area contributed by atoms with Gasteiger partial charge in [-0.15, -0.1) is 6.42 Å². The number of amides is 2. The molecular weight excluding hydrogens is 602 g/mol. The quantitative estimate of drug-likeness (QED) is 0.0763. The molecule has 2 heterocycles. The fourth-order valence-electron chi connectivity index (χ4n) is 4.91. The van der Waals surface area contributed by atoms with Crippen LogP contribution in [0.3, 0.4) is 0 Å². The van der Waals surface area contributed by atoms with Crippen LogP contribution in [0.1, 0.15) is 76.2 Å². The van der Waals surface area contributed by atoms with Crippen molar-refractivity contribution < 1.29 is 47.1 Å². The minimum Gasteiger partial charge on any atom is -0.444 e. The normalized spacial score (nSPS) is 25.1. The van der Waals surface area contributed by atoms with Crippen molar-refractivity contribution in [2.45, 2.75) is 87.4 Å². The van der Waals surface area contributed by atoms with Crippen LogP contribution < -0.4 is 0 Å². The lowest BCUT2D eigenvalue weighted by Crippen LogP contribution is -2.37. The third-order valence-electron chi connectivity index (χ3n) is 7.33. The summed E-state index contributed by atoms with van der Waals surface area (Å²) in [6, 6.07) is 0.